The molecule has 0 amide bonds. The van der Waals surface area contributed by atoms with Gasteiger partial charge in [0.15, 0.2) is 0 Å². The number of nitrogens with one attached hydrogen (secondary N) is 1. The first-order valence-corrected chi connectivity index (χ1v) is 7.81. The van der Waals surface area contributed by atoms with Gasteiger partial charge in [-0.05, 0) is 34.4 Å². The minimum Gasteiger partial charge on any atom is -0.277 e. The van der Waals surface area contributed by atoms with Crippen molar-refractivity contribution in [3.05, 3.63) is 84.9 Å². The Morgan fingerprint density at radius 2 is 1.26 bits per heavy atom. The van der Waals surface area contributed by atoms with Gasteiger partial charge >= 0.3 is 0 Å². The number of hydrogen-bond acceptors (Lipinski definition) is 2. The van der Waals surface area contributed by atoms with Gasteiger partial charge in [0.05, 0.1) is 11.4 Å². The van der Waals surface area contributed by atoms with Crippen LogP contribution in [-0.2, 0) is 0 Å². The zero-order valence-corrected chi connectivity index (χ0v) is 13.0. The highest BCUT2D eigenvalue weighted by Gasteiger charge is 2.13. The molecule has 4 aromatic rings. The van der Waals surface area contributed by atoms with Crippen molar-refractivity contribution >= 4 is 32.9 Å². The molecule has 0 unspecified atom stereocenters. The lowest BCUT2D eigenvalue weighted by atomic mass is 10.00. The second kappa shape index (κ2) is 5.75. The molecule has 1 N–H and O–H groups in total. The van der Waals surface area contributed by atoms with E-state index in [1.165, 1.54) is 21.5 Å². The van der Waals surface area contributed by atoms with Crippen molar-refractivity contribution < 1.29 is 0 Å². The first-order chi connectivity index (χ1) is 11.4. The number of para-hydroxylation sites is 1. The third-order valence-corrected chi connectivity index (χ3v) is 4.23. The molecule has 2 nitrogen and oxygen atoms in total. The number of anilines is 2. The third kappa shape index (κ3) is 2.33. The van der Waals surface area contributed by atoms with Crippen LogP contribution in [0.15, 0.2) is 84.9 Å². The van der Waals surface area contributed by atoms with Gasteiger partial charge in [-0.25, -0.2) is 5.43 Å². The number of fused-ring (bicyclic) bond motifs is 3. The molecule has 4 aromatic carbocycles. The summed E-state index contributed by atoms with van der Waals surface area (Å²) in [6.45, 7) is 0. The van der Waals surface area contributed by atoms with Crippen molar-refractivity contribution in [2.75, 3.05) is 12.1 Å². The third-order valence-electron chi connectivity index (χ3n) is 4.23. The van der Waals surface area contributed by atoms with E-state index in [9.17, 15) is 0 Å². The average molecular weight is 298 g/mol. The van der Waals surface area contributed by atoms with Crippen LogP contribution in [0.5, 0.6) is 0 Å². The van der Waals surface area contributed by atoms with E-state index in [0.717, 1.165) is 11.4 Å². The van der Waals surface area contributed by atoms with Crippen molar-refractivity contribution in [3.8, 4) is 0 Å². The van der Waals surface area contributed by atoms with E-state index in [4.69, 9.17) is 0 Å². The molecule has 0 aromatic heterocycles. The predicted octanol–water partition coefficient (Wildman–Crippen LogP) is 5.27. The zero-order valence-electron chi connectivity index (χ0n) is 13.0. The summed E-state index contributed by atoms with van der Waals surface area (Å²) in [7, 11) is 1.96. The van der Waals surface area contributed by atoms with E-state index in [1.54, 1.807) is 0 Å². The summed E-state index contributed by atoms with van der Waals surface area (Å²) in [6.07, 6.45) is 0. The highest BCUT2D eigenvalue weighted by atomic mass is 15.5. The van der Waals surface area contributed by atoms with Crippen molar-refractivity contribution in [1.82, 2.24) is 5.43 Å². The van der Waals surface area contributed by atoms with E-state index in [-0.39, 0.29) is 0 Å². The van der Waals surface area contributed by atoms with Crippen LogP contribution in [0.3, 0.4) is 0 Å². The second-order valence-corrected chi connectivity index (χ2v) is 5.56. The van der Waals surface area contributed by atoms with Crippen LogP contribution in [0, 0.1) is 0 Å². The Kier molecular flexibility index (Phi) is 3.45. The Morgan fingerprint density at radius 1 is 0.652 bits per heavy atom. The molecule has 0 spiro atoms. The summed E-state index contributed by atoms with van der Waals surface area (Å²) in [5, 5.41) is 7.18. The predicted molar refractivity (Wildman–Crippen MR) is 99.1 cm³/mol. The van der Waals surface area contributed by atoms with Gasteiger partial charge in [0.1, 0.15) is 0 Å². The maximum absolute atomic E-state index is 3.32. The van der Waals surface area contributed by atoms with Gasteiger partial charge < -0.3 is 0 Å². The summed E-state index contributed by atoms with van der Waals surface area (Å²) in [5.41, 5.74) is 5.61. The first kappa shape index (κ1) is 13.8. The number of rotatable bonds is 3. The Hall–Kier alpha value is -2.84. The van der Waals surface area contributed by atoms with Gasteiger partial charge in [-0.15, -0.1) is 0 Å². The lowest BCUT2D eigenvalue weighted by molar-refractivity contribution is 0.839. The molecule has 112 valence electrons. The molecular weight excluding hydrogens is 280 g/mol. The standard InChI is InChI=1S/C21H18N2/c1-22-23(17-10-3-2-4-11-17)21-15-16-9-5-6-12-18(16)19-13-7-8-14-20(19)21/h2-15,22H,1H3. The summed E-state index contributed by atoms with van der Waals surface area (Å²) in [6, 6.07) is 29.8. The minimum atomic E-state index is 1.12. The molecule has 0 radical (unpaired) electrons. The molecule has 0 aliphatic carbocycles. The summed E-state index contributed by atoms with van der Waals surface area (Å²) in [5.74, 6) is 0. The molecule has 0 atom stereocenters. The Morgan fingerprint density at radius 3 is 2.00 bits per heavy atom. The SMILES string of the molecule is CNN(c1ccccc1)c1cc2ccccc2c2ccccc12. The van der Waals surface area contributed by atoms with E-state index < -0.39 is 0 Å². The van der Waals surface area contributed by atoms with Crippen molar-refractivity contribution in [2.45, 2.75) is 0 Å². The monoisotopic (exact) mass is 298 g/mol. The maximum atomic E-state index is 3.32. The maximum Gasteiger partial charge on any atom is 0.0662 e. The molecule has 0 saturated heterocycles. The van der Waals surface area contributed by atoms with Crippen molar-refractivity contribution in [2.24, 2.45) is 0 Å². The van der Waals surface area contributed by atoms with Crippen LogP contribution in [-0.4, -0.2) is 7.05 Å². The Labute approximate surface area is 135 Å². The highest BCUT2D eigenvalue weighted by Crippen LogP contribution is 2.36. The van der Waals surface area contributed by atoms with Crippen LogP contribution >= 0.6 is 0 Å². The molecule has 4 rings (SSSR count). The Bertz CT molecular complexity index is 961. The lowest BCUT2D eigenvalue weighted by Crippen LogP contribution is -2.30. The van der Waals surface area contributed by atoms with Crippen LogP contribution in [0.4, 0.5) is 11.4 Å². The largest absolute Gasteiger partial charge is 0.277 e. The highest BCUT2D eigenvalue weighted by molar-refractivity contribution is 6.13. The normalized spacial score (nSPS) is 11.0. The number of hydrogen-bond donors (Lipinski definition) is 1. The lowest BCUT2D eigenvalue weighted by Gasteiger charge is -2.26. The molecule has 0 aliphatic rings. The van der Waals surface area contributed by atoms with Crippen LogP contribution < -0.4 is 10.4 Å². The molecular formula is C21H18N2. The van der Waals surface area contributed by atoms with Gasteiger partial charge in [-0.1, -0.05) is 66.7 Å². The second-order valence-electron chi connectivity index (χ2n) is 5.56. The Balaban J connectivity index is 2.05. The van der Waals surface area contributed by atoms with Gasteiger partial charge in [0.25, 0.3) is 0 Å². The molecule has 0 aliphatic heterocycles. The first-order valence-electron chi connectivity index (χ1n) is 7.81. The van der Waals surface area contributed by atoms with Gasteiger partial charge in [-0.3, -0.25) is 5.01 Å². The zero-order chi connectivity index (χ0) is 15.6. The van der Waals surface area contributed by atoms with E-state index in [2.05, 4.69) is 89.3 Å². The summed E-state index contributed by atoms with van der Waals surface area (Å²) in [4.78, 5) is 0. The fraction of sp³-hybridized carbons (Fsp3) is 0.0476. The van der Waals surface area contributed by atoms with E-state index >= 15 is 0 Å². The van der Waals surface area contributed by atoms with Gasteiger partial charge in [-0.2, -0.15) is 0 Å². The molecule has 0 saturated carbocycles. The topological polar surface area (TPSA) is 15.3 Å². The fourth-order valence-electron chi connectivity index (χ4n) is 3.19. The smallest absolute Gasteiger partial charge is 0.0662 e. The molecule has 0 bridgehead atoms. The van der Waals surface area contributed by atoms with Crippen LogP contribution in [0.2, 0.25) is 0 Å². The number of benzene rings is 4. The minimum absolute atomic E-state index is 1.12. The van der Waals surface area contributed by atoms with Crippen molar-refractivity contribution in [3.63, 3.8) is 0 Å². The molecule has 0 fully saturated rings. The van der Waals surface area contributed by atoms with Crippen LogP contribution in [0.25, 0.3) is 21.5 Å². The number of nitrogens with zero attached hydrogens (tertiary/aromatic N) is 1. The molecule has 2 heteroatoms. The summed E-state index contributed by atoms with van der Waals surface area (Å²) >= 11 is 0. The quantitative estimate of drug-likeness (QED) is 0.409. The van der Waals surface area contributed by atoms with Crippen LogP contribution in [0.1, 0.15) is 0 Å². The molecule has 23 heavy (non-hydrogen) atoms. The summed E-state index contributed by atoms with van der Waals surface area (Å²) < 4.78 is 0. The number of hydrazine groups is 1. The average Bonchev–Trinajstić information content (AvgIpc) is 2.63. The van der Waals surface area contributed by atoms with E-state index in [0.29, 0.717) is 0 Å². The van der Waals surface area contributed by atoms with Gasteiger partial charge in [0.2, 0.25) is 0 Å². The van der Waals surface area contributed by atoms with Crippen molar-refractivity contribution in [1.29, 1.82) is 0 Å². The fourth-order valence-corrected chi connectivity index (χ4v) is 3.19. The van der Waals surface area contributed by atoms with Gasteiger partial charge in [0, 0.05) is 12.4 Å². The molecule has 0 heterocycles. The van der Waals surface area contributed by atoms with E-state index in [1.807, 2.05) is 13.1 Å².